The third-order valence-corrected chi connectivity index (χ3v) is 5.07. The Hall–Kier alpha value is -0.740. The number of thioether (sulfide) groups is 1. The molecular formula is C16H16Cl2FNS. The molecule has 0 heterocycles. The molecule has 0 saturated heterocycles. The second kappa shape index (κ2) is 8.04. The topological polar surface area (TPSA) is 12.0 Å². The molecule has 0 aliphatic rings. The molecule has 0 amide bonds. The van der Waals surface area contributed by atoms with Crippen LogP contribution in [0.2, 0.25) is 10.0 Å². The number of hydrogen-bond acceptors (Lipinski definition) is 2. The summed E-state index contributed by atoms with van der Waals surface area (Å²) in [5.41, 5.74) is 0.958. The van der Waals surface area contributed by atoms with Gasteiger partial charge in [0.2, 0.25) is 0 Å². The first kappa shape index (κ1) is 16.6. The highest BCUT2D eigenvalue weighted by atomic mass is 35.5. The van der Waals surface area contributed by atoms with Gasteiger partial charge in [-0.05, 0) is 55.4 Å². The van der Waals surface area contributed by atoms with E-state index in [0.717, 1.165) is 22.6 Å². The van der Waals surface area contributed by atoms with Crippen molar-refractivity contribution in [2.24, 2.45) is 0 Å². The third kappa shape index (κ3) is 4.89. The van der Waals surface area contributed by atoms with Gasteiger partial charge >= 0.3 is 0 Å². The summed E-state index contributed by atoms with van der Waals surface area (Å²) in [5.74, 6) is 0.635. The van der Waals surface area contributed by atoms with E-state index in [4.69, 9.17) is 23.2 Å². The fraction of sp³-hybridized carbons (Fsp3) is 0.250. The molecule has 2 aromatic rings. The van der Waals surface area contributed by atoms with Crippen molar-refractivity contribution in [1.82, 2.24) is 5.32 Å². The van der Waals surface area contributed by atoms with Crippen LogP contribution >= 0.6 is 35.0 Å². The minimum absolute atomic E-state index is 0.215. The summed E-state index contributed by atoms with van der Waals surface area (Å²) in [6.45, 7) is 0. The molecule has 5 heteroatoms. The smallest absolute Gasteiger partial charge is 0.123 e. The first-order valence-corrected chi connectivity index (χ1v) is 8.33. The molecule has 1 nitrogen and oxygen atoms in total. The van der Waals surface area contributed by atoms with Crippen LogP contribution in [-0.4, -0.2) is 18.8 Å². The van der Waals surface area contributed by atoms with Crippen LogP contribution in [0.15, 0.2) is 47.4 Å². The normalized spacial score (nSPS) is 12.4. The lowest BCUT2D eigenvalue weighted by atomic mass is 10.1. The molecule has 1 unspecified atom stereocenters. The zero-order chi connectivity index (χ0) is 15.2. The second-order valence-electron chi connectivity index (χ2n) is 4.65. The molecule has 0 saturated carbocycles. The fourth-order valence-electron chi connectivity index (χ4n) is 1.95. The standard InChI is InChI=1S/C16H16Cl2FNS/c1-20-12(9-14-15(17)3-2-4-16(14)18)10-21-13-7-5-11(19)6-8-13/h2-8,12,20H,9-10H2,1H3. The van der Waals surface area contributed by atoms with E-state index < -0.39 is 0 Å². The van der Waals surface area contributed by atoms with Gasteiger partial charge in [-0.2, -0.15) is 0 Å². The molecule has 2 aromatic carbocycles. The molecule has 1 atom stereocenters. The average Bonchev–Trinajstić information content (AvgIpc) is 2.48. The minimum atomic E-state index is -0.215. The van der Waals surface area contributed by atoms with E-state index >= 15 is 0 Å². The predicted octanol–water partition coefficient (Wildman–Crippen LogP) is 5.06. The Morgan fingerprint density at radius 3 is 2.29 bits per heavy atom. The van der Waals surface area contributed by atoms with E-state index in [1.165, 1.54) is 12.1 Å². The van der Waals surface area contributed by atoms with Crippen molar-refractivity contribution in [1.29, 1.82) is 0 Å². The molecule has 0 spiro atoms. The van der Waals surface area contributed by atoms with Gasteiger partial charge in [0.1, 0.15) is 5.82 Å². The molecular weight excluding hydrogens is 328 g/mol. The largest absolute Gasteiger partial charge is 0.316 e. The average molecular weight is 344 g/mol. The highest BCUT2D eigenvalue weighted by Crippen LogP contribution is 2.27. The lowest BCUT2D eigenvalue weighted by Crippen LogP contribution is -2.30. The highest BCUT2D eigenvalue weighted by Gasteiger charge is 2.13. The van der Waals surface area contributed by atoms with Gasteiger partial charge in [0.25, 0.3) is 0 Å². The molecule has 2 rings (SSSR count). The molecule has 0 aromatic heterocycles. The van der Waals surface area contributed by atoms with Crippen LogP contribution in [0.25, 0.3) is 0 Å². The number of halogens is 3. The van der Waals surface area contributed by atoms with Crippen molar-refractivity contribution in [3.8, 4) is 0 Å². The van der Waals surface area contributed by atoms with E-state index in [0.29, 0.717) is 10.0 Å². The zero-order valence-corrected chi connectivity index (χ0v) is 13.9. The van der Waals surface area contributed by atoms with Gasteiger partial charge in [-0.1, -0.05) is 29.3 Å². The van der Waals surface area contributed by atoms with Crippen molar-refractivity contribution < 1.29 is 4.39 Å². The maximum absolute atomic E-state index is 12.9. The van der Waals surface area contributed by atoms with Gasteiger partial charge in [0.05, 0.1) is 0 Å². The van der Waals surface area contributed by atoms with Crippen LogP contribution in [0.1, 0.15) is 5.56 Å². The van der Waals surface area contributed by atoms with Gasteiger partial charge in [-0.3, -0.25) is 0 Å². The molecule has 0 aliphatic carbocycles. The first-order valence-electron chi connectivity index (χ1n) is 6.58. The summed E-state index contributed by atoms with van der Waals surface area (Å²) >= 11 is 14.1. The highest BCUT2D eigenvalue weighted by molar-refractivity contribution is 7.99. The Kier molecular flexibility index (Phi) is 6.37. The van der Waals surface area contributed by atoms with Gasteiger partial charge in [-0.25, -0.2) is 4.39 Å². The molecule has 1 N–H and O–H groups in total. The summed E-state index contributed by atoms with van der Waals surface area (Å²) in [5, 5.41) is 4.65. The molecule has 0 bridgehead atoms. The number of benzene rings is 2. The van der Waals surface area contributed by atoms with Crippen molar-refractivity contribution >= 4 is 35.0 Å². The van der Waals surface area contributed by atoms with Crippen molar-refractivity contribution in [2.75, 3.05) is 12.8 Å². The Balaban J connectivity index is 1.98. The Morgan fingerprint density at radius 1 is 1.10 bits per heavy atom. The van der Waals surface area contributed by atoms with Crippen molar-refractivity contribution in [3.05, 3.63) is 63.9 Å². The second-order valence-corrected chi connectivity index (χ2v) is 6.56. The number of rotatable bonds is 6. The van der Waals surface area contributed by atoms with E-state index in [-0.39, 0.29) is 11.9 Å². The number of nitrogens with one attached hydrogen (secondary N) is 1. The van der Waals surface area contributed by atoms with Crippen molar-refractivity contribution in [3.63, 3.8) is 0 Å². The van der Waals surface area contributed by atoms with Crippen LogP contribution in [0.4, 0.5) is 4.39 Å². The fourth-order valence-corrected chi connectivity index (χ4v) is 3.50. The number of hydrogen-bond donors (Lipinski definition) is 1. The van der Waals surface area contributed by atoms with Crippen LogP contribution in [0.3, 0.4) is 0 Å². The lowest BCUT2D eigenvalue weighted by Gasteiger charge is -2.17. The summed E-state index contributed by atoms with van der Waals surface area (Å²) in [6.07, 6.45) is 0.753. The zero-order valence-electron chi connectivity index (χ0n) is 11.6. The van der Waals surface area contributed by atoms with Gasteiger partial charge in [-0.15, -0.1) is 11.8 Å². The molecule has 0 radical (unpaired) electrons. The van der Waals surface area contributed by atoms with E-state index in [9.17, 15) is 4.39 Å². The van der Waals surface area contributed by atoms with Crippen LogP contribution in [-0.2, 0) is 6.42 Å². The van der Waals surface area contributed by atoms with Crippen LogP contribution in [0.5, 0.6) is 0 Å². The van der Waals surface area contributed by atoms with Crippen molar-refractivity contribution in [2.45, 2.75) is 17.4 Å². The Morgan fingerprint density at radius 2 is 1.71 bits per heavy atom. The van der Waals surface area contributed by atoms with E-state index in [1.807, 2.05) is 25.2 Å². The predicted molar refractivity (Wildman–Crippen MR) is 90.1 cm³/mol. The SMILES string of the molecule is CNC(CSc1ccc(F)cc1)Cc1c(Cl)cccc1Cl. The summed E-state index contributed by atoms with van der Waals surface area (Å²) < 4.78 is 12.9. The maximum atomic E-state index is 12.9. The van der Waals surface area contributed by atoms with E-state index in [2.05, 4.69) is 5.32 Å². The number of likely N-dealkylation sites (N-methyl/N-ethyl adjacent to an activating group) is 1. The first-order chi connectivity index (χ1) is 10.1. The minimum Gasteiger partial charge on any atom is -0.316 e. The quantitative estimate of drug-likeness (QED) is 0.736. The summed E-state index contributed by atoms with van der Waals surface area (Å²) in [6, 6.07) is 12.3. The third-order valence-electron chi connectivity index (χ3n) is 3.19. The monoisotopic (exact) mass is 343 g/mol. The molecule has 21 heavy (non-hydrogen) atoms. The Labute approximate surface area is 138 Å². The van der Waals surface area contributed by atoms with Crippen LogP contribution in [0, 0.1) is 5.82 Å². The van der Waals surface area contributed by atoms with Crippen LogP contribution < -0.4 is 5.32 Å². The maximum Gasteiger partial charge on any atom is 0.123 e. The molecule has 0 fully saturated rings. The van der Waals surface area contributed by atoms with Gasteiger partial charge in [0.15, 0.2) is 0 Å². The van der Waals surface area contributed by atoms with Gasteiger partial charge in [0, 0.05) is 26.7 Å². The Bertz CT molecular complexity index is 569. The lowest BCUT2D eigenvalue weighted by molar-refractivity contribution is 0.617. The molecule has 112 valence electrons. The molecule has 0 aliphatic heterocycles. The summed E-state index contributed by atoms with van der Waals surface area (Å²) in [4.78, 5) is 1.04. The van der Waals surface area contributed by atoms with Gasteiger partial charge < -0.3 is 5.32 Å². The van der Waals surface area contributed by atoms with E-state index in [1.54, 1.807) is 23.9 Å². The summed E-state index contributed by atoms with van der Waals surface area (Å²) in [7, 11) is 1.92.